The summed E-state index contributed by atoms with van der Waals surface area (Å²) in [5, 5.41) is 3.34. The molecule has 1 aromatic carbocycles. The highest BCUT2D eigenvalue weighted by Gasteiger charge is 2.08. The molecule has 0 fully saturated rings. The van der Waals surface area contributed by atoms with Gasteiger partial charge in [0.25, 0.3) is 0 Å². The summed E-state index contributed by atoms with van der Waals surface area (Å²) in [7, 11) is 0. The van der Waals surface area contributed by atoms with Crippen molar-refractivity contribution in [1.29, 1.82) is 0 Å². The molecule has 0 atom stereocenters. The Morgan fingerprint density at radius 3 is 2.90 bits per heavy atom. The first-order valence-corrected chi connectivity index (χ1v) is 7.56. The van der Waals surface area contributed by atoms with Gasteiger partial charge in [-0.1, -0.05) is 12.1 Å². The number of rotatable bonds is 8. The van der Waals surface area contributed by atoms with Crippen LogP contribution in [0.3, 0.4) is 0 Å². The van der Waals surface area contributed by atoms with E-state index in [1.807, 2.05) is 25.1 Å². The number of para-hydroxylation sites is 2. The molecule has 21 heavy (non-hydrogen) atoms. The summed E-state index contributed by atoms with van der Waals surface area (Å²) in [6.07, 6.45) is 1.25. The second-order valence-electron chi connectivity index (χ2n) is 4.85. The van der Waals surface area contributed by atoms with Gasteiger partial charge in [-0.2, -0.15) is 0 Å². The number of imidazole rings is 1. The molecule has 1 heterocycles. The van der Waals surface area contributed by atoms with Crippen LogP contribution in [-0.4, -0.2) is 28.7 Å². The molecule has 0 amide bonds. The molecule has 1 N–H and O–H groups in total. The third-order valence-electron chi connectivity index (χ3n) is 3.37. The molecular weight excluding hydrogens is 266 g/mol. The van der Waals surface area contributed by atoms with Crippen LogP contribution in [0.4, 0.5) is 0 Å². The number of benzene rings is 1. The number of esters is 1. The molecule has 0 saturated heterocycles. The third-order valence-corrected chi connectivity index (χ3v) is 3.37. The number of carbonyl (C=O) groups excluding carboxylic acids is 1. The molecule has 5 heteroatoms. The second kappa shape index (κ2) is 7.78. The van der Waals surface area contributed by atoms with Gasteiger partial charge in [0.1, 0.15) is 5.82 Å². The van der Waals surface area contributed by atoms with Crippen LogP contribution in [0.1, 0.15) is 32.5 Å². The predicted octanol–water partition coefficient (Wildman–Crippen LogP) is 2.49. The topological polar surface area (TPSA) is 56.1 Å². The molecule has 0 aliphatic heterocycles. The number of carbonyl (C=O) groups is 1. The van der Waals surface area contributed by atoms with Crippen LogP contribution in [0.5, 0.6) is 0 Å². The Kier molecular flexibility index (Phi) is 5.75. The molecule has 0 bridgehead atoms. The third kappa shape index (κ3) is 4.04. The summed E-state index contributed by atoms with van der Waals surface area (Å²) in [6, 6.07) is 8.17. The second-order valence-corrected chi connectivity index (χ2v) is 4.85. The van der Waals surface area contributed by atoms with E-state index < -0.39 is 0 Å². The van der Waals surface area contributed by atoms with Crippen LogP contribution in [0.2, 0.25) is 0 Å². The van der Waals surface area contributed by atoms with Crippen molar-refractivity contribution in [3.63, 3.8) is 0 Å². The molecule has 2 rings (SSSR count). The van der Waals surface area contributed by atoms with Crippen molar-refractivity contribution in [2.45, 2.75) is 39.8 Å². The lowest BCUT2D eigenvalue weighted by Gasteiger charge is -2.07. The van der Waals surface area contributed by atoms with Crippen LogP contribution in [0.15, 0.2) is 24.3 Å². The molecule has 0 spiro atoms. The SMILES string of the molecule is CCOC(=O)CCCNCc1nc2ccccc2n1CC. The number of aryl methyl sites for hydroxylation is 1. The Balaban J connectivity index is 1.85. The number of fused-ring (bicyclic) bond motifs is 1. The Morgan fingerprint density at radius 1 is 1.33 bits per heavy atom. The van der Waals surface area contributed by atoms with E-state index in [2.05, 4.69) is 27.9 Å². The van der Waals surface area contributed by atoms with Crippen molar-refractivity contribution < 1.29 is 9.53 Å². The number of hydrogen-bond acceptors (Lipinski definition) is 4. The normalized spacial score (nSPS) is 11.0. The maximum atomic E-state index is 11.2. The van der Waals surface area contributed by atoms with E-state index in [1.54, 1.807) is 0 Å². The average molecular weight is 289 g/mol. The minimum absolute atomic E-state index is 0.125. The lowest BCUT2D eigenvalue weighted by molar-refractivity contribution is -0.143. The van der Waals surface area contributed by atoms with Gasteiger partial charge >= 0.3 is 5.97 Å². The van der Waals surface area contributed by atoms with Crippen molar-refractivity contribution in [2.24, 2.45) is 0 Å². The quantitative estimate of drug-likeness (QED) is 0.599. The average Bonchev–Trinajstić information content (AvgIpc) is 2.84. The molecular formula is C16H23N3O2. The summed E-state index contributed by atoms with van der Waals surface area (Å²) < 4.78 is 7.12. The van der Waals surface area contributed by atoms with E-state index in [9.17, 15) is 4.79 Å². The number of nitrogens with one attached hydrogen (secondary N) is 1. The summed E-state index contributed by atoms with van der Waals surface area (Å²) in [5.41, 5.74) is 2.20. The van der Waals surface area contributed by atoms with Crippen molar-refractivity contribution in [2.75, 3.05) is 13.2 Å². The van der Waals surface area contributed by atoms with Crippen LogP contribution >= 0.6 is 0 Å². The fourth-order valence-corrected chi connectivity index (χ4v) is 2.40. The van der Waals surface area contributed by atoms with Gasteiger partial charge in [-0.15, -0.1) is 0 Å². The fraction of sp³-hybridized carbons (Fsp3) is 0.500. The van der Waals surface area contributed by atoms with Crippen LogP contribution in [0, 0.1) is 0 Å². The first-order chi connectivity index (χ1) is 10.3. The largest absolute Gasteiger partial charge is 0.466 e. The smallest absolute Gasteiger partial charge is 0.305 e. The van der Waals surface area contributed by atoms with Gasteiger partial charge in [-0.05, 0) is 38.9 Å². The highest BCUT2D eigenvalue weighted by Crippen LogP contribution is 2.15. The summed E-state index contributed by atoms with van der Waals surface area (Å²) in [5.74, 6) is 0.912. The summed E-state index contributed by atoms with van der Waals surface area (Å²) >= 11 is 0. The minimum atomic E-state index is -0.125. The number of hydrogen-bond donors (Lipinski definition) is 1. The van der Waals surface area contributed by atoms with Gasteiger partial charge in [-0.3, -0.25) is 4.79 Å². The maximum absolute atomic E-state index is 11.2. The monoisotopic (exact) mass is 289 g/mol. The van der Waals surface area contributed by atoms with Gasteiger partial charge in [0.05, 0.1) is 24.2 Å². The molecule has 0 aliphatic carbocycles. The molecule has 0 aliphatic rings. The molecule has 0 saturated carbocycles. The van der Waals surface area contributed by atoms with E-state index in [0.29, 0.717) is 19.6 Å². The Labute approximate surface area is 125 Å². The Hall–Kier alpha value is -1.88. The lowest BCUT2D eigenvalue weighted by Crippen LogP contribution is -2.19. The highest BCUT2D eigenvalue weighted by molar-refractivity contribution is 5.75. The van der Waals surface area contributed by atoms with Gasteiger partial charge in [0.15, 0.2) is 0 Å². The standard InChI is InChI=1S/C16H23N3O2/c1-3-19-14-9-6-5-8-13(14)18-15(19)12-17-11-7-10-16(20)21-4-2/h5-6,8-9,17H,3-4,7,10-12H2,1-2H3. The van der Waals surface area contributed by atoms with Crippen molar-refractivity contribution in [3.8, 4) is 0 Å². The van der Waals surface area contributed by atoms with Gasteiger partial charge in [-0.25, -0.2) is 4.98 Å². The maximum Gasteiger partial charge on any atom is 0.305 e. The first-order valence-electron chi connectivity index (χ1n) is 7.56. The fourth-order valence-electron chi connectivity index (χ4n) is 2.40. The van der Waals surface area contributed by atoms with Crippen molar-refractivity contribution in [1.82, 2.24) is 14.9 Å². The molecule has 114 valence electrons. The van der Waals surface area contributed by atoms with Crippen LogP contribution in [-0.2, 0) is 22.6 Å². The number of ether oxygens (including phenoxy) is 1. The van der Waals surface area contributed by atoms with Gasteiger partial charge in [0, 0.05) is 13.0 Å². The number of nitrogens with zero attached hydrogens (tertiary/aromatic N) is 2. The van der Waals surface area contributed by atoms with Crippen LogP contribution < -0.4 is 5.32 Å². The van der Waals surface area contributed by atoms with E-state index in [1.165, 1.54) is 5.52 Å². The minimum Gasteiger partial charge on any atom is -0.466 e. The lowest BCUT2D eigenvalue weighted by atomic mass is 10.3. The van der Waals surface area contributed by atoms with Gasteiger partial charge in [0.2, 0.25) is 0 Å². The Morgan fingerprint density at radius 2 is 2.14 bits per heavy atom. The molecule has 1 aromatic heterocycles. The van der Waals surface area contributed by atoms with Crippen molar-refractivity contribution >= 4 is 17.0 Å². The van der Waals surface area contributed by atoms with Gasteiger partial charge < -0.3 is 14.6 Å². The first kappa shape index (κ1) is 15.5. The highest BCUT2D eigenvalue weighted by atomic mass is 16.5. The van der Waals surface area contributed by atoms with E-state index >= 15 is 0 Å². The zero-order valence-corrected chi connectivity index (χ0v) is 12.8. The zero-order valence-electron chi connectivity index (χ0n) is 12.8. The summed E-state index contributed by atoms with van der Waals surface area (Å²) in [6.45, 7) is 6.80. The Bertz CT molecular complexity index is 592. The van der Waals surface area contributed by atoms with Crippen molar-refractivity contribution in [3.05, 3.63) is 30.1 Å². The molecule has 5 nitrogen and oxygen atoms in total. The number of aromatic nitrogens is 2. The van der Waals surface area contributed by atoms with Crippen LogP contribution in [0.25, 0.3) is 11.0 Å². The van der Waals surface area contributed by atoms with E-state index in [-0.39, 0.29) is 5.97 Å². The van der Waals surface area contributed by atoms with E-state index in [0.717, 1.165) is 30.9 Å². The predicted molar refractivity (Wildman–Crippen MR) is 83.0 cm³/mol. The molecule has 0 radical (unpaired) electrons. The van der Waals surface area contributed by atoms with E-state index in [4.69, 9.17) is 4.74 Å². The summed E-state index contributed by atoms with van der Waals surface area (Å²) in [4.78, 5) is 15.9. The molecule has 2 aromatic rings. The molecule has 0 unspecified atom stereocenters. The zero-order chi connectivity index (χ0) is 15.1.